The molecule has 3 heteroatoms. The molecule has 1 aliphatic heterocycles. The summed E-state index contributed by atoms with van der Waals surface area (Å²) in [6.07, 6.45) is 11.2. The van der Waals surface area contributed by atoms with E-state index in [4.69, 9.17) is 0 Å². The van der Waals surface area contributed by atoms with Gasteiger partial charge in [0.25, 0.3) is 0 Å². The van der Waals surface area contributed by atoms with Crippen LogP contribution in [0.2, 0.25) is 0 Å². The lowest BCUT2D eigenvalue weighted by Crippen LogP contribution is -2.36. The molecule has 0 aromatic carbocycles. The third kappa shape index (κ3) is 5.65. The molecular weight excluding hydrogens is 226 g/mol. The topological polar surface area (TPSA) is 37.4 Å². The number of hydrogen-bond donors (Lipinski definition) is 0. The van der Waals surface area contributed by atoms with Gasteiger partial charge in [0.05, 0.1) is 0 Å². The Labute approximate surface area is 111 Å². The zero-order valence-electron chi connectivity index (χ0n) is 11.7. The van der Waals surface area contributed by atoms with E-state index in [9.17, 15) is 9.59 Å². The van der Waals surface area contributed by atoms with Crippen LogP contribution in [-0.2, 0) is 9.59 Å². The van der Waals surface area contributed by atoms with Crippen LogP contribution < -0.4 is 0 Å². The van der Waals surface area contributed by atoms with Crippen LogP contribution in [0, 0.1) is 0 Å². The standard InChI is InChI=1S/C15H27NO2/c1-2-3-4-5-6-8-11-14(17)16-13-10-7-9-12-15(16)18/h2-13H2,1H3. The van der Waals surface area contributed by atoms with Crippen molar-refractivity contribution in [3.05, 3.63) is 0 Å². The highest BCUT2D eigenvalue weighted by molar-refractivity contribution is 5.95. The van der Waals surface area contributed by atoms with E-state index in [2.05, 4.69) is 6.92 Å². The number of likely N-dealkylation sites (tertiary alicyclic amines) is 1. The number of unbranched alkanes of at least 4 members (excludes halogenated alkanes) is 5. The predicted molar refractivity (Wildman–Crippen MR) is 73.2 cm³/mol. The predicted octanol–water partition coefficient (Wildman–Crippen LogP) is 3.67. The lowest BCUT2D eigenvalue weighted by atomic mass is 10.1. The monoisotopic (exact) mass is 253 g/mol. The number of rotatable bonds is 7. The van der Waals surface area contributed by atoms with Gasteiger partial charge in [-0.25, -0.2) is 0 Å². The number of carbonyl (C=O) groups excluding carboxylic acids is 2. The molecule has 0 spiro atoms. The summed E-state index contributed by atoms with van der Waals surface area (Å²) < 4.78 is 0. The second-order valence-corrected chi connectivity index (χ2v) is 5.27. The number of amides is 2. The van der Waals surface area contributed by atoms with E-state index in [1.807, 2.05) is 0 Å². The molecule has 0 unspecified atom stereocenters. The third-order valence-corrected chi connectivity index (χ3v) is 3.62. The van der Waals surface area contributed by atoms with Crippen molar-refractivity contribution < 1.29 is 9.59 Å². The zero-order chi connectivity index (χ0) is 13.2. The molecule has 0 radical (unpaired) electrons. The van der Waals surface area contributed by atoms with Gasteiger partial charge in [0.1, 0.15) is 0 Å². The fourth-order valence-corrected chi connectivity index (χ4v) is 2.44. The fraction of sp³-hybridized carbons (Fsp3) is 0.867. The van der Waals surface area contributed by atoms with Crippen molar-refractivity contribution in [1.29, 1.82) is 0 Å². The molecule has 104 valence electrons. The van der Waals surface area contributed by atoms with Crippen molar-refractivity contribution in [3.8, 4) is 0 Å². The Hall–Kier alpha value is -0.860. The van der Waals surface area contributed by atoms with Crippen molar-refractivity contribution in [2.75, 3.05) is 6.54 Å². The van der Waals surface area contributed by atoms with E-state index >= 15 is 0 Å². The molecule has 0 saturated carbocycles. The van der Waals surface area contributed by atoms with Crippen molar-refractivity contribution >= 4 is 11.8 Å². The van der Waals surface area contributed by atoms with Gasteiger partial charge in [-0.1, -0.05) is 45.4 Å². The fourth-order valence-electron chi connectivity index (χ4n) is 2.44. The Morgan fingerprint density at radius 1 is 1.06 bits per heavy atom. The summed E-state index contributed by atoms with van der Waals surface area (Å²) in [7, 11) is 0. The first-order valence-electron chi connectivity index (χ1n) is 7.59. The quantitative estimate of drug-likeness (QED) is 0.649. The highest BCUT2D eigenvalue weighted by Gasteiger charge is 2.22. The van der Waals surface area contributed by atoms with E-state index in [1.165, 1.54) is 30.6 Å². The summed E-state index contributed by atoms with van der Waals surface area (Å²) in [5.41, 5.74) is 0. The summed E-state index contributed by atoms with van der Waals surface area (Å²) in [6.45, 7) is 2.85. The molecule has 1 fully saturated rings. The van der Waals surface area contributed by atoms with E-state index < -0.39 is 0 Å². The van der Waals surface area contributed by atoms with Gasteiger partial charge in [0, 0.05) is 19.4 Å². The van der Waals surface area contributed by atoms with Gasteiger partial charge in [-0.05, 0) is 19.3 Å². The van der Waals surface area contributed by atoms with Crippen LogP contribution in [0.5, 0.6) is 0 Å². The van der Waals surface area contributed by atoms with Gasteiger partial charge in [-0.15, -0.1) is 0 Å². The van der Waals surface area contributed by atoms with Crippen LogP contribution in [0.25, 0.3) is 0 Å². The minimum atomic E-state index is 0.0449. The summed E-state index contributed by atoms with van der Waals surface area (Å²) >= 11 is 0. The van der Waals surface area contributed by atoms with Crippen molar-refractivity contribution in [2.24, 2.45) is 0 Å². The number of hydrogen-bond acceptors (Lipinski definition) is 2. The Balaban J connectivity index is 2.16. The first-order chi connectivity index (χ1) is 8.75. The van der Waals surface area contributed by atoms with Crippen molar-refractivity contribution in [1.82, 2.24) is 4.90 Å². The lowest BCUT2D eigenvalue weighted by molar-refractivity contribution is -0.144. The molecule has 2 amide bonds. The minimum absolute atomic E-state index is 0.0449. The molecule has 1 aliphatic rings. The molecule has 1 rings (SSSR count). The van der Waals surface area contributed by atoms with Gasteiger partial charge in [0.15, 0.2) is 0 Å². The van der Waals surface area contributed by atoms with E-state index in [0.29, 0.717) is 19.4 Å². The maximum atomic E-state index is 12.0. The van der Waals surface area contributed by atoms with Crippen LogP contribution >= 0.6 is 0 Å². The van der Waals surface area contributed by atoms with Gasteiger partial charge in [-0.2, -0.15) is 0 Å². The van der Waals surface area contributed by atoms with E-state index in [1.54, 1.807) is 0 Å². The van der Waals surface area contributed by atoms with Gasteiger partial charge in [0.2, 0.25) is 11.8 Å². The van der Waals surface area contributed by atoms with Crippen LogP contribution in [0.1, 0.15) is 77.6 Å². The lowest BCUT2D eigenvalue weighted by Gasteiger charge is -2.18. The highest BCUT2D eigenvalue weighted by Crippen LogP contribution is 2.14. The Bertz CT molecular complexity index is 263. The SMILES string of the molecule is CCCCCCCCC(=O)N1CCCCCC1=O. The Morgan fingerprint density at radius 3 is 2.56 bits per heavy atom. The second-order valence-electron chi connectivity index (χ2n) is 5.27. The maximum absolute atomic E-state index is 12.0. The average molecular weight is 253 g/mol. The maximum Gasteiger partial charge on any atom is 0.229 e. The number of nitrogens with zero attached hydrogens (tertiary/aromatic N) is 1. The highest BCUT2D eigenvalue weighted by atomic mass is 16.2. The first kappa shape index (κ1) is 15.2. The second kappa shape index (κ2) is 9.12. The summed E-state index contributed by atoms with van der Waals surface area (Å²) in [5, 5.41) is 0. The zero-order valence-corrected chi connectivity index (χ0v) is 11.7. The van der Waals surface area contributed by atoms with Crippen LogP contribution in [0.3, 0.4) is 0 Å². The molecule has 0 N–H and O–H groups in total. The number of carbonyl (C=O) groups is 2. The first-order valence-corrected chi connectivity index (χ1v) is 7.59. The van der Waals surface area contributed by atoms with Crippen molar-refractivity contribution in [3.63, 3.8) is 0 Å². The third-order valence-electron chi connectivity index (χ3n) is 3.62. The Morgan fingerprint density at radius 2 is 1.78 bits per heavy atom. The molecular formula is C15H27NO2. The molecule has 0 aliphatic carbocycles. The van der Waals surface area contributed by atoms with Crippen LogP contribution in [0.15, 0.2) is 0 Å². The van der Waals surface area contributed by atoms with Crippen LogP contribution in [0.4, 0.5) is 0 Å². The van der Waals surface area contributed by atoms with E-state index in [-0.39, 0.29) is 11.8 Å². The summed E-state index contributed by atoms with van der Waals surface area (Å²) in [5.74, 6) is 0.0980. The van der Waals surface area contributed by atoms with Gasteiger partial charge >= 0.3 is 0 Å². The molecule has 3 nitrogen and oxygen atoms in total. The van der Waals surface area contributed by atoms with Gasteiger partial charge in [-0.3, -0.25) is 14.5 Å². The normalized spacial score (nSPS) is 16.7. The molecule has 0 bridgehead atoms. The van der Waals surface area contributed by atoms with Gasteiger partial charge < -0.3 is 0 Å². The molecule has 1 heterocycles. The molecule has 0 atom stereocenters. The molecule has 18 heavy (non-hydrogen) atoms. The molecule has 0 aromatic heterocycles. The average Bonchev–Trinajstić information content (AvgIpc) is 2.58. The van der Waals surface area contributed by atoms with E-state index in [0.717, 1.165) is 32.1 Å². The van der Waals surface area contributed by atoms with Crippen molar-refractivity contribution in [2.45, 2.75) is 77.6 Å². The summed E-state index contributed by atoms with van der Waals surface area (Å²) in [4.78, 5) is 25.2. The van der Waals surface area contributed by atoms with Crippen LogP contribution in [-0.4, -0.2) is 23.3 Å². The molecule has 1 saturated heterocycles. The number of imide groups is 1. The Kier molecular flexibility index (Phi) is 7.70. The molecule has 0 aromatic rings. The minimum Gasteiger partial charge on any atom is -0.283 e. The smallest absolute Gasteiger partial charge is 0.229 e. The summed E-state index contributed by atoms with van der Waals surface area (Å²) in [6, 6.07) is 0. The largest absolute Gasteiger partial charge is 0.283 e.